The van der Waals surface area contributed by atoms with E-state index >= 15 is 0 Å². The van der Waals surface area contributed by atoms with Gasteiger partial charge in [-0.25, -0.2) is 0 Å². The Morgan fingerprint density at radius 1 is 1.50 bits per heavy atom. The van der Waals surface area contributed by atoms with Gasteiger partial charge in [-0.3, -0.25) is 0 Å². The fourth-order valence-electron chi connectivity index (χ4n) is 2.17. The molecule has 7 nitrogen and oxygen atoms in total. The minimum atomic E-state index is -1.33. The number of halogens is 2. The van der Waals surface area contributed by atoms with Gasteiger partial charge in [0.1, 0.15) is 0 Å². The molecule has 1 aromatic carbocycles. The van der Waals surface area contributed by atoms with Gasteiger partial charge in [-0.1, -0.05) is 0 Å². The number of nitrogens with zero attached hydrogens (tertiary/aromatic N) is 2. The van der Waals surface area contributed by atoms with E-state index in [2.05, 4.69) is 10.4 Å². The van der Waals surface area contributed by atoms with Crippen LogP contribution in [0.5, 0.6) is 0 Å². The number of carbonyl (C=O) groups is 1. The quantitative estimate of drug-likeness (QED) is 0.302. The van der Waals surface area contributed by atoms with Crippen LogP contribution in [0.3, 0.4) is 0 Å². The predicted molar refractivity (Wildman–Crippen MR) is 105 cm³/mol. The minimum absolute atomic E-state index is 0.0349. The first-order valence-corrected chi connectivity index (χ1v) is 10.8. The molecular formula is C16H18AsFIN3O4. The molecule has 1 amide bonds. The molecule has 0 aliphatic rings. The number of nitrogens with one attached hydrogen (secondary N) is 1. The first kappa shape index (κ1) is 21.0. The Bertz CT molecular complexity index is 891. The standard InChI is InChI=1S/C16H18AsFIN3O4/c1-8-13(17-11-4-3-9(19)5-12(11)18)14(21-22(2)16(8)26)15(25)20-6-10(24)7-23/h3-5,10,17,23-24H,6-7H2,1-2H3,(H,20,25)/t10-/m0/s1. The summed E-state index contributed by atoms with van der Waals surface area (Å²) in [6, 6.07) is 4.83. The number of rotatable bonds is 6. The number of benzene rings is 1. The summed E-state index contributed by atoms with van der Waals surface area (Å²) in [5.41, 5.74) is 0.0441. The second-order valence-corrected chi connectivity index (χ2v) is 9.52. The number of hydrogen-bond donors (Lipinski definition) is 3. The van der Waals surface area contributed by atoms with Crippen LogP contribution in [0, 0.1) is 16.3 Å². The Labute approximate surface area is 169 Å². The molecule has 10 heteroatoms. The molecule has 26 heavy (non-hydrogen) atoms. The fourth-order valence-corrected chi connectivity index (χ4v) is 5.15. The third-order valence-electron chi connectivity index (χ3n) is 3.59. The first-order valence-electron chi connectivity index (χ1n) is 7.61. The molecule has 1 unspecified atom stereocenters. The summed E-state index contributed by atoms with van der Waals surface area (Å²) in [6.45, 7) is 0.942. The summed E-state index contributed by atoms with van der Waals surface area (Å²) in [7, 11) is 1.43. The molecule has 2 rings (SSSR count). The van der Waals surface area contributed by atoms with Crippen molar-refractivity contribution in [3.8, 4) is 0 Å². The normalized spacial score (nSPS) is 12.5. The van der Waals surface area contributed by atoms with Crippen LogP contribution in [0.15, 0.2) is 23.0 Å². The van der Waals surface area contributed by atoms with Crippen molar-refractivity contribution in [3.05, 3.63) is 49.2 Å². The molecule has 0 radical (unpaired) electrons. The molecule has 140 valence electrons. The van der Waals surface area contributed by atoms with Crippen LogP contribution < -0.4 is 19.6 Å². The zero-order valence-corrected chi connectivity index (χ0v) is 18.3. The average Bonchev–Trinajstić information content (AvgIpc) is 2.61. The number of aliphatic hydroxyl groups excluding tert-OH is 2. The summed E-state index contributed by atoms with van der Waals surface area (Å²) in [5, 5.41) is 24.7. The maximum absolute atomic E-state index is 14.2. The molecule has 1 heterocycles. The molecule has 0 saturated carbocycles. The summed E-state index contributed by atoms with van der Waals surface area (Å²) in [6.07, 6.45) is -1.10. The van der Waals surface area contributed by atoms with Crippen LogP contribution in [-0.2, 0) is 7.05 Å². The average molecular weight is 537 g/mol. The van der Waals surface area contributed by atoms with Crippen molar-refractivity contribution < 1.29 is 19.4 Å². The zero-order chi connectivity index (χ0) is 19.4. The molecule has 1 aromatic heterocycles. The van der Waals surface area contributed by atoms with Crippen molar-refractivity contribution in [2.75, 3.05) is 13.2 Å². The molecule has 0 saturated heterocycles. The topological polar surface area (TPSA) is 104 Å². The van der Waals surface area contributed by atoms with Crippen molar-refractivity contribution in [3.63, 3.8) is 0 Å². The van der Waals surface area contributed by atoms with E-state index in [-0.39, 0.29) is 23.6 Å². The van der Waals surface area contributed by atoms with Gasteiger partial charge >= 0.3 is 170 Å². The third kappa shape index (κ3) is 4.91. The van der Waals surface area contributed by atoms with Crippen LogP contribution in [-0.4, -0.2) is 60.9 Å². The van der Waals surface area contributed by atoms with Gasteiger partial charge in [-0.15, -0.1) is 0 Å². The van der Waals surface area contributed by atoms with Gasteiger partial charge in [0.05, 0.1) is 0 Å². The van der Waals surface area contributed by atoms with E-state index in [1.807, 2.05) is 22.6 Å². The van der Waals surface area contributed by atoms with Crippen molar-refractivity contribution in [2.45, 2.75) is 13.0 Å². The molecule has 0 bridgehead atoms. The van der Waals surface area contributed by atoms with E-state index in [4.69, 9.17) is 5.11 Å². The summed E-state index contributed by atoms with van der Waals surface area (Å²) in [5.74, 6) is -0.958. The van der Waals surface area contributed by atoms with E-state index in [0.717, 1.165) is 8.25 Å². The van der Waals surface area contributed by atoms with E-state index in [1.165, 1.54) is 13.1 Å². The van der Waals surface area contributed by atoms with E-state index in [0.29, 0.717) is 14.3 Å². The van der Waals surface area contributed by atoms with Gasteiger partial charge in [0.25, 0.3) is 0 Å². The molecule has 2 atom stereocenters. The van der Waals surface area contributed by atoms with Crippen LogP contribution in [0.1, 0.15) is 16.1 Å². The number of aliphatic hydroxyl groups is 2. The molecule has 0 aliphatic carbocycles. The van der Waals surface area contributed by atoms with Gasteiger partial charge in [-0.2, -0.15) is 0 Å². The first-order chi connectivity index (χ1) is 12.2. The monoisotopic (exact) mass is 537 g/mol. The Morgan fingerprint density at radius 3 is 2.81 bits per heavy atom. The van der Waals surface area contributed by atoms with Gasteiger partial charge in [0.15, 0.2) is 0 Å². The Hall–Kier alpha value is -1.29. The number of hydrogen-bond acceptors (Lipinski definition) is 5. The number of aryl methyl sites for hydroxylation is 1. The molecule has 0 aliphatic heterocycles. The zero-order valence-electron chi connectivity index (χ0n) is 14.1. The van der Waals surface area contributed by atoms with Crippen molar-refractivity contribution in [1.29, 1.82) is 0 Å². The van der Waals surface area contributed by atoms with E-state index in [1.54, 1.807) is 19.1 Å². The summed E-state index contributed by atoms with van der Waals surface area (Å²) in [4.78, 5) is 24.7. The molecule has 0 fully saturated rings. The van der Waals surface area contributed by atoms with Crippen molar-refractivity contribution in [1.82, 2.24) is 15.1 Å². The SMILES string of the molecule is Cc1c([AsH]c2ccc(I)cc2F)c(C(=O)NC[C@H](O)CO)nn(C)c1=O. The van der Waals surface area contributed by atoms with Crippen molar-refractivity contribution >= 4 is 53.0 Å². The van der Waals surface area contributed by atoms with Gasteiger partial charge in [0, 0.05) is 0 Å². The third-order valence-corrected chi connectivity index (χ3v) is 7.49. The number of aromatic nitrogens is 2. The fraction of sp³-hybridized carbons (Fsp3) is 0.312. The van der Waals surface area contributed by atoms with Gasteiger partial charge < -0.3 is 0 Å². The van der Waals surface area contributed by atoms with Crippen molar-refractivity contribution in [2.24, 2.45) is 7.05 Å². The second-order valence-electron chi connectivity index (χ2n) is 5.57. The van der Waals surface area contributed by atoms with E-state index < -0.39 is 34.4 Å². The molecule has 2 aromatic rings. The number of carbonyl (C=O) groups excluding carboxylic acids is 1. The van der Waals surface area contributed by atoms with Crippen LogP contribution in [0.2, 0.25) is 0 Å². The van der Waals surface area contributed by atoms with Crippen LogP contribution in [0.4, 0.5) is 4.39 Å². The summed E-state index contributed by atoms with van der Waals surface area (Å²) >= 11 is 0.673. The predicted octanol–water partition coefficient (Wildman–Crippen LogP) is -1.70. The second kappa shape index (κ2) is 9.07. The Morgan fingerprint density at radius 2 is 2.19 bits per heavy atom. The number of amides is 1. The molecule has 0 spiro atoms. The summed E-state index contributed by atoms with van der Waals surface area (Å²) < 4.78 is 17.0. The molecular weight excluding hydrogens is 519 g/mol. The Kier molecular flexibility index (Phi) is 7.33. The molecule has 3 N–H and O–H groups in total. The van der Waals surface area contributed by atoms with E-state index in [9.17, 15) is 19.1 Å². The van der Waals surface area contributed by atoms with Gasteiger partial charge in [-0.05, 0) is 0 Å². The van der Waals surface area contributed by atoms with Gasteiger partial charge in [0.2, 0.25) is 0 Å². The maximum atomic E-state index is 14.2. The van der Waals surface area contributed by atoms with Crippen LogP contribution >= 0.6 is 22.6 Å². The van der Waals surface area contributed by atoms with Crippen LogP contribution in [0.25, 0.3) is 0 Å². The Balaban J connectivity index is 2.44.